The Bertz CT molecular complexity index is 363. The maximum Gasteiger partial charge on any atom is 0.326 e. The molecule has 1 amide bonds. The molecule has 8 heteroatoms. The zero-order chi connectivity index (χ0) is 14.0. The summed E-state index contributed by atoms with van der Waals surface area (Å²) in [6.45, 7) is 1.57. The van der Waals surface area contributed by atoms with Gasteiger partial charge in [-0.2, -0.15) is 0 Å². The van der Waals surface area contributed by atoms with Gasteiger partial charge in [0, 0.05) is 24.3 Å². The molecular formula is C10H16N4O4. The molecule has 0 bridgehead atoms. The smallest absolute Gasteiger partial charge is 0.326 e. The highest BCUT2D eigenvalue weighted by molar-refractivity contribution is 5.88. The Balaban J connectivity index is 3.98. The van der Waals surface area contributed by atoms with Gasteiger partial charge in [0.05, 0.1) is 0 Å². The van der Waals surface area contributed by atoms with Crippen molar-refractivity contribution >= 4 is 17.7 Å². The van der Waals surface area contributed by atoms with Crippen molar-refractivity contribution < 1.29 is 19.5 Å². The number of hydrogen-bond acceptors (Lipinski definition) is 4. The van der Waals surface area contributed by atoms with Crippen molar-refractivity contribution in [2.45, 2.75) is 38.6 Å². The maximum atomic E-state index is 11.4. The van der Waals surface area contributed by atoms with Gasteiger partial charge in [-0.3, -0.25) is 9.59 Å². The van der Waals surface area contributed by atoms with Gasteiger partial charge in [-0.1, -0.05) is 5.11 Å². The average molecular weight is 256 g/mol. The number of Topliss-reactive ketones (excluding diaryl/α,β-unsaturated/α-hetero) is 1. The highest BCUT2D eigenvalue weighted by Crippen LogP contribution is 1.99. The van der Waals surface area contributed by atoms with Gasteiger partial charge in [0.15, 0.2) is 0 Å². The largest absolute Gasteiger partial charge is 0.480 e. The highest BCUT2D eigenvalue weighted by atomic mass is 16.4. The van der Waals surface area contributed by atoms with Crippen LogP contribution >= 0.6 is 0 Å². The minimum atomic E-state index is -1.23. The van der Waals surface area contributed by atoms with E-state index in [1.54, 1.807) is 0 Å². The Hall–Kier alpha value is -2.08. The molecule has 0 heterocycles. The Morgan fingerprint density at radius 3 is 2.56 bits per heavy atom. The van der Waals surface area contributed by atoms with Gasteiger partial charge in [0.2, 0.25) is 5.91 Å². The number of azide groups is 1. The molecule has 0 aliphatic rings. The first-order valence-corrected chi connectivity index (χ1v) is 5.49. The van der Waals surface area contributed by atoms with E-state index in [4.69, 9.17) is 10.6 Å². The summed E-state index contributed by atoms with van der Waals surface area (Å²) in [5, 5.41) is 14.4. The van der Waals surface area contributed by atoms with Crippen molar-refractivity contribution in [3.8, 4) is 0 Å². The van der Waals surface area contributed by atoms with Crippen LogP contribution in [0.2, 0.25) is 0 Å². The summed E-state index contributed by atoms with van der Waals surface area (Å²) in [5.41, 5.74) is 8.02. The topological polar surface area (TPSA) is 132 Å². The molecule has 0 saturated heterocycles. The summed E-state index contributed by atoms with van der Waals surface area (Å²) >= 11 is 0. The van der Waals surface area contributed by atoms with Crippen LogP contribution in [-0.4, -0.2) is 35.4 Å². The number of rotatable bonds is 9. The Kier molecular flexibility index (Phi) is 7.96. The number of nitrogens with zero attached hydrogens (tertiary/aromatic N) is 3. The fraction of sp³-hybridized carbons (Fsp3) is 0.700. The molecule has 0 unspecified atom stereocenters. The molecule has 100 valence electrons. The number of carbonyl (C=O) groups is 3. The fourth-order valence-corrected chi connectivity index (χ4v) is 1.27. The van der Waals surface area contributed by atoms with Crippen molar-refractivity contribution in [2.24, 2.45) is 5.11 Å². The predicted octanol–water partition coefficient (Wildman–Crippen LogP) is 1.02. The molecule has 0 aliphatic carbocycles. The van der Waals surface area contributed by atoms with E-state index in [2.05, 4.69) is 15.3 Å². The first-order chi connectivity index (χ1) is 8.47. The van der Waals surface area contributed by atoms with Crippen molar-refractivity contribution in [2.75, 3.05) is 6.54 Å². The number of carboxylic acid groups (broad SMARTS) is 1. The minimum Gasteiger partial charge on any atom is -0.480 e. The third-order valence-electron chi connectivity index (χ3n) is 2.10. The molecule has 0 aromatic heterocycles. The Labute approximate surface area is 104 Å². The van der Waals surface area contributed by atoms with E-state index in [0.717, 1.165) is 0 Å². The van der Waals surface area contributed by atoms with Crippen LogP contribution in [0, 0.1) is 0 Å². The third-order valence-corrected chi connectivity index (χ3v) is 2.10. The molecule has 0 aliphatic heterocycles. The van der Waals surface area contributed by atoms with Crippen LogP contribution in [-0.2, 0) is 14.4 Å². The number of nitrogens with one attached hydrogen (secondary N) is 1. The highest BCUT2D eigenvalue weighted by Gasteiger charge is 2.21. The molecule has 0 saturated carbocycles. The third kappa shape index (κ3) is 8.12. The lowest BCUT2D eigenvalue weighted by molar-refractivity contribution is -0.143. The second kappa shape index (κ2) is 9.00. The van der Waals surface area contributed by atoms with Crippen LogP contribution in [0.5, 0.6) is 0 Å². The summed E-state index contributed by atoms with van der Waals surface area (Å²) in [6, 6.07) is -1.17. The van der Waals surface area contributed by atoms with Gasteiger partial charge in [0.25, 0.3) is 0 Å². The van der Waals surface area contributed by atoms with Crippen molar-refractivity contribution in [3.63, 3.8) is 0 Å². The number of unbranched alkanes of at least 4 members (excludes halogenated alkanes) is 1. The molecule has 0 rings (SSSR count). The summed E-state index contributed by atoms with van der Waals surface area (Å²) in [4.78, 5) is 35.5. The number of carboxylic acids is 1. The second-order valence-corrected chi connectivity index (χ2v) is 3.78. The van der Waals surface area contributed by atoms with Crippen LogP contribution in [0.25, 0.3) is 10.4 Å². The van der Waals surface area contributed by atoms with Gasteiger partial charge in [-0.05, 0) is 25.3 Å². The standard InChI is InChI=1S/C10H16N4O4/c1-7(15)6-8(10(17)18)13-9(16)4-2-3-5-12-14-11/h8H,2-6H2,1H3,(H,13,16)(H,17,18)/t8-/m0/s1. The zero-order valence-electron chi connectivity index (χ0n) is 10.1. The van der Waals surface area contributed by atoms with Gasteiger partial charge in [0.1, 0.15) is 11.8 Å². The van der Waals surface area contributed by atoms with E-state index in [-0.39, 0.29) is 18.6 Å². The lowest BCUT2D eigenvalue weighted by Crippen LogP contribution is -2.41. The number of amides is 1. The van der Waals surface area contributed by atoms with Crippen LogP contribution < -0.4 is 5.32 Å². The van der Waals surface area contributed by atoms with E-state index in [1.807, 2.05) is 0 Å². The summed E-state index contributed by atoms with van der Waals surface area (Å²) in [7, 11) is 0. The van der Waals surface area contributed by atoms with Crippen molar-refractivity contribution in [1.82, 2.24) is 5.32 Å². The first-order valence-electron chi connectivity index (χ1n) is 5.49. The normalized spacial score (nSPS) is 11.2. The molecule has 18 heavy (non-hydrogen) atoms. The summed E-state index contributed by atoms with van der Waals surface area (Å²) < 4.78 is 0. The molecule has 0 aromatic rings. The molecule has 1 atom stereocenters. The molecule has 0 aromatic carbocycles. The van der Waals surface area contributed by atoms with Gasteiger partial charge in [-0.15, -0.1) is 0 Å². The van der Waals surface area contributed by atoms with E-state index in [9.17, 15) is 14.4 Å². The molecule has 2 N–H and O–H groups in total. The monoisotopic (exact) mass is 256 g/mol. The van der Waals surface area contributed by atoms with E-state index < -0.39 is 17.9 Å². The van der Waals surface area contributed by atoms with Crippen LogP contribution in [0.15, 0.2) is 5.11 Å². The summed E-state index contributed by atoms with van der Waals surface area (Å²) in [6.07, 6.45) is 0.974. The van der Waals surface area contributed by atoms with Crippen molar-refractivity contribution in [1.29, 1.82) is 0 Å². The second-order valence-electron chi connectivity index (χ2n) is 3.78. The van der Waals surface area contributed by atoms with E-state index in [1.165, 1.54) is 6.92 Å². The maximum absolute atomic E-state index is 11.4. The number of aliphatic carboxylic acids is 1. The lowest BCUT2D eigenvalue weighted by Gasteiger charge is -2.12. The molecule has 8 nitrogen and oxygen atoms in total. The Morgan fingerprint density at radius 1 is 1.39 bits per heavy atom. The quantitative estimate of drug-likeness (QED) is 0.275. The van der Waals surface area contributed by atoms with E-state index >= 15 is 0 Å². The first kappa shape index (κ1) is 15.9. The van der Waals surface area contributed by atoms with Gasteiger partial charge in [-0.25, -0.2) is 4.79 Å². The molecule has 0 spiro atoms. The molecule has 0 fully saturated rings. The van der Waals surface area contributed by atoms with Crippen molar-refractivity contribution in [3.05, 3.63) is 10.4 Å². The Morgan fingerprint density at radius 2 is 2.06 bits per heavy atom. The number of ketones is 1. The average Bonchev–Trinajstić information content (AvgIpc) is 2.27. The number of hydrogen-bond donors (Lipinski definition) is 2. The van der Waals surface area contributed by atoms with Gasteiger partial charge >= 0.3 is 5.97 Å². The van der Waals surface area contributed by atoms with E-state index in [0.29, 0.717) is 19.4 Å². The predicted molar refractivity (Wildman–Crippen MR) is 62.7 cm³/mol. The van der Waals surface area contributed by atoms with Crippen LogP contribution in [0.1, 0.15) is 32.6 Å². The SMILES string of the molecule is CC(=O)C[C@H](NC(=O)CCCCN=[N+]=[N-])C(=O)O. The zero-order valence-corrected chi connectivity index (χ0v) is 10.1. The van der Waals surface area contributed by atoms with Gasteiger partial charge < -0.3 is 10.4 Å². The molecule has 0 radical (unpaired) electrons. The lowest BCUT2D eigenvalue weighted by atomic mass is 10.1. The fourth-order valence-electron chi connectivity index (χ4n) is 1.27. The molecular weight excluding hydrogens is 240 g/mol. The number of carbonyl (C=O) groups excluding carboxylic acids is 2. The summed E-state index contributed by atoms with van der Waals surface area (Å²) in [5.74, 6) is -1.96. The minimum absolute atomic E-state index is 0.142. The van der Waals surface area contributed by atoms with Crippen LogP contribution in [0.4, 0.5) is 0 Å². The van der Waals surface area contributed by atoms with Crippen LogP contribution in [0.3, 0.4) is 0 Å².